The molecule has 0 bridgehead atoms. The van der Waals surface area contributed by atoms with Gasteiger partial charge in [-0.25, -0.2) is 4.79 Å². The molecule has 0 spiro atoms. The van der Waals surface area contributed by atoms with Gasteiger partial charge >= 0.3 is 6.03 Å². The fourth-order valence-corrected chi connectivity index (χ4v) is 3.21. The minimum atomic E-state index is -1.17. The van der Waals surface area contributed by atoms with E-state index in [4.69, 9.17) is 0 Å². The van der Waals surface area contributed by atoms with Gasteiger partial charge < -0.3 is 5.32 Å². The number of ketones is 1. The molecule has 1 fully saturated rings. The van der Waals surface area contributed by atoms with Gasteiger partial charge in [-0.05, 0) is 30.9 Å². The minimum Gasteiger partial charge on any atom is -0.319 e. The fraction of sp³-hybridized carbons (Fsp3) is 0.318. The second-order valence-corrected chi connectivity index (χ2v) is 7.51. The molecule has 0 aromatic heterocycles. The molecular weight excluding hydrogens is 340 g/mol. The van der Waals surface area contributed by atoms with Crippen LogP contribution in [0.25, 0.3) is 0 Å². The van der Waals surface area contributed by atoms with Crippen molar-refractivity contribution in [1.82, 2.24) is 10.2 Å². The summed E-state index contributed by atoms with van der Waals surface area (Å²) in [6, 6.07) is 14.2. The van der Waals surface area contributed by atoms with E-state index in [1.165, 1.54) is 0 Å². The van der Waals surface area contributed by atoms with Gasteiger partial charge in [-0.15, -0.1) is 0 Å². The van der Waals surface area contributed by atoms with Crippen LogP contribution < -0.4 is 5.32 Å². The zero-order chi connectivity index (χ0) is 19.8. The summed E-state index contributed by atoms with van der Waals surface area (Å²) in [6.07, 6.45) is 0. The summed E-state index contributed by atoms with van der Waals surface area (Å²) in [6.45, 7) is 7.53. The van der Waals surface area contributed by atoms with Crippen LogP contribution in [0, 0.1) is 6.92 Å². The maximum atomic E-state index is 13.0. The summed E-state index contributed by atoms with van der Waals surface area (Å²) in [5.41, 5.74) is 2.22. The van der Waals surface area contributed by atoms with Crippen molar-refractivity contribution in [3.8, 4) is 0 Å². The average molecular weight is 364 g/mol. The lowest BCUT2D eigenvalue weighted by atomic mass is 9.90. The topological polar surface area (TPSA) is 66.5 Å². The highest BCUT2D eigenvalue weighted by atomic mass is 16.2. The quantitative estimate of drug-likeness (QED) is 0.649. The van der Waals surface area contributed by atoms with Crippen molar-refractivity contribution >= 4 is 17.7 Å². The zero-order valence-corrected chi connectivity index (χ0v) is 16.1. The lowest BCUT2D eigenvalue weighted by Crippen LogP contribution is -2.41. The van der Waals surface area contributed by atoms with E-state index < -0.39 is 17.5 Å². The lowest BCUT2D eigenvalue weighted by Gasteiger charge is -2.22. The van der Waals surface area contributed by atoms with E-state index >= 15 is 0 Å². The number of nitrogens with one attached hydrogen (secondary N) is 1. The molecule has 5 nitrogen and oxygen atoms in total. The van der Waals surface area contributed by atoms with Crippen molar-refractivity contribution in [3.05, 3.63) is 70.8 Å². The molecule has 1 aliphatic rings. The summed E-state index contributed by atoms with van der Waals surface area (Å²) in [5.74, 6) is -0.299. The smallest absolute Gasteiger partial charge is 0.319 e. The molecule has 1 atom stereocenters. The number of nitrogens with zero attached hydrogens (tertiary/aromatic N) is 1. The van der Waals surface area contributed by atoms with E-state index in [-0.39, 0.29) is 12.3 Å². The van der Waals surface area contributed by atoms with Crippen LogP contribution in [0.2, 0.25) is 0 Å². The van der Waals surface area contributed by atoms with Gasteiger partial charge in [0.2, 0.25) is 0 Å². The first-order valence-corrected chi connectivity index (χ1v) is 9.07. The van der Waals surface area contributed by atoms with E-state index in [2.05, 4.69) is 19.2 Å². The summed E-state index contributed by atoms with van der Waals surface area (Å²) in [5, 5.41) is 2.75. The first-order valence-electron chi connectivity index (χ1n) is 9.07. The van der Waals surface area contributed by atoms with E-state index in [1.54, 1.807) is 19.1 Å². The summed E-state index contributed by atoms with van der Waals surface area (Å²) >= 11 is 0. The van der Waals surface area contributed by atoms with Crippen molar-refractivity contribution in [2.45, 2.75) is 39.2 Å². The Balaban J connectivity index is 1.81. The van der Waals surface area contributed by atoms with Crippen LogP contribution in [0.1, 0.15) is 53.7 Å². The van der Waals surface area contributed by atoms with Crippen molar-refractivity contribution in [2.75, 3.05) is 6.54 Å². The molecular formula is C22H24N2O3. The third kappa shape index (κ3) is 3.50. The van der Waals surface area contributed by atoms with Crippen molar-refractivity contribution in [1.29, 1.82) is 0 Å². The van der Waals surface area contributed by atoms with Gasteiger partial charge in [-0.3, -0.25) is 14.5 Å². The molecule has 140 valence electrons. The highest BCUT2D eigenvalue weighted by Crippen LogP contribution is 2.30. The Morgan fingerprint density at radius 2 is 1.63 bits per heavy atom. The van der Waals surface area contributed by atoms with Gasteiger partial charge in [0, 0.05) is 5.56 Å². The Hall–Kier alpha value is -2.95. The third-order valence-corrected chi connectivity index (χ3v) is 5.10. The monoisotopic (exact) mass is 364 g/mol. The number of Topliss-reactive ketones (excluding diaryl/α,β-unsaturated/α-hetero) is 1. The summed E-state index contributed by atoms with van der Waals surface area (Å²) in [4.78, 5) is 38.9. The lowest BCUT2D eigenvalue weighted by molar-refractivity contribution is -0.130. The first kappa shape index (κ1) is 18.8. The Labute approximate surface area is 159 Å². The number of imide groups is 1. The molecule has 1 heterocycles. The number of urea groups is 1. The molecule has 1 saturated heterocycles. The van der Waals surface area contributed by atoms with Crippen LogP contribution in [-0.4, -0.2) is 29.2 Å². The van der Waals surface area contributed by atoms with Gasteiger partial charge in [0.15, 0.2) is 5.78 Å². The maximum Gasteiger partial charge on any atom is 0.325 e. The molecule has 0 radical (unpaired) electrons. The number of amides is 3. The van der Waals surface area contributed by atoms with Crippen LogP contribution in [0.15, 0.2) is 48.5 Å². The molecule has 1 N–H and O–H groups in total. The predicted octanol–water partition coefficient (Wildman–Crippen LogP) is 3.77. The highest BCUT2D eigenvalue weighted by Gasteiger charge is 2.49. The molecule has 2 aromatic carbocycles. The van der Waals surface area contributed by atoms with Crippen LogP contribution in [-0.2, 0) is 10.3 Å². The molecule has 0 saturated carbocycles. The molecule has 5 heteroatoms. The van der Waals surface area contributed by atoms with Crippen LogP contribution in [0.3, 0.4) is 0 Å². The largest absolute Gasteiger partial charge is 0.325 e. The molecule has 3 amide bonds. The summed E-state index contributed by atoms with van der Waals surface area (Å²) in [7, 11) is 0. The third-order valence-electron chi connectivity index (χ3n) is 5.10. The number of hydrogen-bond acceptors (Lipinski definition) is 3. The Morgan fingerprint density at radius 1 is 1.04 bits per heavy atom. The van der Waals surface area contributed by atoms with Gasteiger partial charge in [0.05, 0.1) is 6.54 Å². The highest BCUT2D eigenvalue weighted by molar-refractivity contribution is 6.11. The maximum absolute atomic E-state index is 13.0. The van der Waals surface area contributed by atoms with Crippen LogP contribution in [0.5, 0.6) is 0 Å². The molecule has 1 aliphatic heterocycles. The number of benzene rings is 2. The molecule has 0 aliphatic carbocycles. The van der Waals surface area contributed by atoms with Crippen LogP contribution in [0.4, 0.5) is 4.79 Å². The van der Waals surface area contributed by atoms with Gasteiger partial charge in [0.1, 0.15) is 5.54 Å². The van der Waals surface area contributed by atoms with Crippen molar-refractivity contribution < 1.29 is 14.4 Å². The van der Waals surface area contributed by atoms with Crippen LogP contribution >= 0.6 is 0 Å². The standard InChI is InChI=1S/C22H24N2O3/c1-14(2)16-9-11-18(12-10-16)22(4)20(26)24(21(27)23-22)13-19(25)17-7-5-15(3)6-8-17/h5-12,14H,13H2,1-4H3,(H,23,27). The number of carbonyl (C=O) groups is 3. The van der Waals surface area contributed by atoms with Crippen molar-refractivity contribution in [3.63, 3.8) is 0 Å². The number of hydrogen-bond donors (Lipinski definition) is 1. The first-order chi connectivity index (χ1) is 12.7. The van der Waals surface area contributed by atoms with Crippen molar-refractivity contribution in [2.24, 2.45) is 0 Å². The number of rotatable bonds is 5. The molecule has 1 unspecified atom stereocenters. The Bertz CT molecular complexity index is 885. The Kier molecular flexibility index (Phi) is 4.87. The van der Waals surface area contributed by atoms with Gasteiger partial charge in [-0.1, -0.05) is 67.9 Å². The normalized spacial score (nSPS) is 19.5. The zero-order valence-electron chi connectivity index (χ0n) is 16.1. The minimum absolute atomic E-state index is 0.266. The van der Waals surface area contributed by atoms with E-state index in [0.29, 0.717) is 17.0 Å². The van der Waals surface area contributed by atoms with E-state index in [0.717, 1.165) is 16.0 Å². The Morgan fingerprint density at radius 3 is 2.19 bits per heavy atom. The fourth-order valence-electron chi connectivity index (χ4n) is 3.21. The number of aryl methyl sites for hydroxylation is 1. The second kappa shape index (κ2) is 6.99. The van der Waals surface area contributed by atoms with E-state index in [9.17, 15) is 14.4 Å². The molecule has 27 heavy (non-hydrogen) atoms. The van der Waals surface area contributed by atoms with Gasteiger partial charge in [-0.2, -0.15) is 0 Å². The predicted molar refractivity (Wildman–Crippen MR) is 104 cm³/mol. The molecule has 2 aromatic rings. The summed E-state index contributed by atoms with van der Waals surface area (Å²) < 4.78 is 0. The van der Waals surface area contributed by atoms with E-state index in [1.807, 2.05) is 43.3 Å². The SMILES string of the molecule is Cc1ccc(C(=O)CN2C(=O)NC(C)(c3ccc(C(C)C)cc3)C2=O)cc1. The number of carbonyl (C=O) groups excluding carboxylic acids is 3. The van der Waals surface area contributed by atoms with Gasteiger partial charge in [0.25, 0.3) is 5.91 Å². The molecule has 3 rings (SSSR count). The second-order valence-electron chi connectivity index (χ2n) is 7.51. The average Bonchev–Trinajstić information content (AvgIpc) is 2.86.